The van der Waals surface area contributed by atoms with Crippen LogP contribution >= 0.6 is 11.3 Å². The zero-order valence-electron chi connectivity index (χ0n) is 14.4. The third kappa shape index (κ3) is 4.15. The van der Waals surface area contributed by atoms with Crippen LogP contribution in [0.25, 0.3) is 11.3 Å². The van der Waals surface area contributed by atoms with Crippen LogP contribution in [0, 0.1) is 0 Å². The van der Waals surface area contributed by atoms with Crippen molar-refractivity contribution in [1.82, 2.24) is 10.3 Å². The number of amides is 2. The van der Waals surface area contributed by atoms with E-state index in [0.29, 0.717) is 25.1 Å². The number of benzene rings is 2. The second-order valence-electron chi connectivity index (χ2n) is 6.10. The fraction of sp³-hybridized carbons (Fsp3) is 0.150. The molecule has 2 aromatic carbocycles. The Morgan fingerprint density at radius 2 is 2.07 bits per heavy atom. The largest absolute Gasteiger partial charge is 0.412 e. The summed E-state index contributed by atoms with van der Waals surface area (Å²) in [5, 5.41) is 8.48. The molecule has 6 nitrogen and oxygen atoms in total. The fourth-order valence-electron chi connectivity index (χ4n) is 2.85. The van der Waals surface area contributed by atoms with E-state index in [0.717, 1.165) is 27.5 Å². The van der Waals surface area contributed by atoms with E-state index in [2.05, 4.69) is 15.6 Å². The molecule has 0 radical (unpaired) electrons. The summed E-state index contributed by atoms with van der Waals surface area (Å²) >= 11 is 1.55. The molecule has 7 heteroatoms. The minimum absolute atomic E-state index is 0.0228. The second kappa shape index (κ2) is 7.59. The third-order valence-electron chi connectivity index (χ3n) is 4.14. The first-order chi connectivity index (χ1) is 13.2. The van der Waals surface area contributed by atoms with Crippen LogP contribution in [0.15, 0.2) is 53.9 Å². The number of rotatable bonds is 5. The minimum Gasteiger partial charge on any atom is -0.410 e. The first kappa shape index (κ1) is 17.2. The molecule has 2 N–H and O–H groups in total. The maximum atomic E-state index is 11.8. The van der Waals surface area contributed by atoms with Gasteiger partial charge in [0.2, 0.25) is 5.91 Å². The predicted molar refractivity (Wildman–Crippen MR) is 104 cm³/mol. The summed E-state index contributed by atoms with van der Waals surface area (Å²) in [5.41, 5.74) is 3.74. The van der Waals surface area contributed by atoms with Crippen LogP contribution in [0.1, 0.15) is 10.6 Å². The zero-order valence-corrected chi connectivity index (χ0v) is 15.2. The molecule has 1 aliphatic heterocycles. The number of nitrogens with one attached hydrogen (secondary N) is 2. The number of thiazole rings is 1. The SMILES string of the molecule is O=C1Cc2cc(-c3csc(CCNC(=O)Oc4ccccc4)n3)ccc2N1. The van der Waals surface area contributed by atoms with E-state index >= 15 is 0 Å². The van der Waals surface area contributed by atoms with Gasteiger partial charge in [-0.05, 0) is 29.8 Å². The Morgan fingerprint density at radius 3 is 2.93 bits per heavy atom. The number of fused-ring (bicyclic) bond motifs is 1. The molecule has 0 bridgehead atoms. The van der Waals surface area contributed by atoms with Gasteiger partial charge in [-0.25, -0.2) is 9.78 Å². The highest BCUT2D eigenvalue weighted by Crippen LogP contribution is 2.29. The highest BCUT2D eigenvalue weighted by Gasteiger charge is 2.18. The number of nitrogens with zero attached hydrogens (tertiary/aromatic N) is 1. The van der Waals surface area contributed by atoms with Crippen molar-refractivity contribution in [3.63, 3.8) is 0 Å². The van der Waals surface area contributed by atoms with Gasteiger partial charge in [-0.15, -0.1) is 11.3 Å². The first-order valence-corrected chi connectivity index (χ1v) is 9.43. The van der Waals surface area contributed by atoms with Crippen LogP contribution in [0.3, 0.4) is 0 Å². The summed E-state index contributed by atoms with van der Waals surface area (Å²) in [4.78, 5) is 27.9. The molecule has 0 spiro atoms. The summed E-state index contributed by atoms with van der Waals surface area (Å²) < 4.78 is 5.18. The maximum absolute atomic E-state index is 11.8. The number of anilines is 1. The van der Waals surface area contributed by atoms with Crippen molar-refractivity contribution in [3.8, 4) is 17.0 Å². The van der Waals surface area contributed by atoms with Crippen molar-refractivity contribution < 1.29 is 14.3 Å². The molecular formula is C20H17N3O3S. The highest BCUT2D eigenvalue weighted by molar-refractivity contribution is 7.09. The van der Waals surface area contributed by atoms with E-state index in [1.54, 1.807) is 23.5 Å². The van der Waals surface area contributed by atoms with Crippen LogP contribution in [0.4, 0.5) is 10.5 Å². The van der Waals surface area contributed by atoms with Crippen molar-refractivity contribution in [2.75, 3.05) is 11.9 Å². The molecule has 2 heterocycles. The predicted octanol–water partition coefficient (Wildman–Crippen LogP) is 3.64. The Bertz CT molecular complexity index is 985. The van der Waals surface area contributed by atoms with Gasteiger partial charge in [-0.1, -0.05) is 24.3 Å². The highest BCUT2D eigenvalue weighted by atomic mass is 32.1. The molecule has 1 aromatic heterocycles. The minimum atomic E-state index is -0.478. The monoisotopic (exact) mass is 379 g/mol. The third-order valence-corrected chi connectivity index (χ3v) is 5.05. The van der Waals surface area contributed by atoms with Crippen molar-refractivity contribution >= 4 is 29.0 Å². The molecule has 0 fully saturated rings. The zero-order chi connectivity index (χ0) is 18.6. The Labute approximate surface area is 160 Å². The lowest BCUT2D eigenvalue weighted by Crippen LogP contribution is -2.28. The molecular weight excluding hydrogens is 362 g/mol. The molecule has 0 saturated carbocycles. The van der Waals surface area contributed by atoms with Gasteiger partial charge in [0.25, 0.3) is 0 Å². The quantitative estimate of drug-likeness (QED) is 0.709. The van der Waals surface area contributed by atoms with E-state index in [9.17, 15) is 9.59 Å². The molecule has 0 aliphatic carbocycles. The Morgan fingerprint density at radius 1 is 1.22 bits per heavy atom. The van der Waals surface area contributed by atoms with Crippen molar-refractivity contribution in [2.45, 2.75) is 12.8 Å². The van der Waals surface area contributed by atoms with Crippen LogP contribution in [0.2, 0.25) is 0 Å². The van der Waals surface area contributed by atoms with Gasteiger partial charge in [-0.2, -0.15) is 0 Å². The van der Waals surface area contributed by atoms with Crippen molar-refractivity contribution in [1.29, 1.82) is 0 Å². The van der Waals surface area contributed by atoms with Crippen molar-refractivity contribution in [3.05, 3.63) is 64.5 Å². The molecule has 1 aliphatic rings. The maximum Gasteiger partial charge on any atom is 0.412 e. The van der Waals surface area contributed by atoms with Gasteiger partial charge in [-0.3, -0.25) is 4.79 Å². The summed E-state index contributed by atoms with van der Waals surface area (Å²) in [6.45, 7) is 0.446. The number of carbonyl (C=O) groups excluding carboxylic acids is 2. The van der Waals surface area contributed by atoms with Gasteiger partial charge in [0, 0.05) is 29.6 Å². The van der Waals surface area contributed by atoms with Gasteiger partial charge < -0.3 is 15.4 Å². The van der Waals surface area contributed by atoms with E-state index in [4.69, 9.17) is 4.74 Å². The summed E-state index contributed by atoms with van der Waals surface area (Å²) in [5.74, 6) is 0.533. The molecule has 0 saturated heterocycles. The number of aromatic nitrogens is 1. The van der Waals surface area contributed by atoms with Crippen molar-refractivity contribution in [2.24, 2.45) is 0 Å². The standard InChI is InChI=1S/C20H17N3O3S/c24-18-11-14-10-13(6-7-16(14)22-18)17-12-27-19(23-17)8-9-21-20(25)26-15-4-2-1-3-5-15/h1-7,10,12H,8-9,11H2,(H,21,25)(H,22,24). The number of ether oxygens (including phenoxy) is 1. The van der Waals surface area contributed by atoms with Gasteiger partial charge in [0.1, 0.15) is 5.75 Å². The van der Waals surface area contributed by atoms with Gasteiger partial charge in [0.05, 0.1) is 17.1 Å². The van der Waals surface area contributed by atoms with Crippen LogP contribution < -0.4 is 15.4 Å². The lowest BCUT2D eigenvalue weighted by molar-refractivity contribution is -0.115. The number of hydrogen-bond acceptors (Lipinski definition) is 5. The van der Waals surface area contributed by atoms with Crippen LogP contribution in [0.5, 0.6) is 5.75 Å². The second-order valence-corrected chi connectivity index (χ2v) is 7.05. The number of hydrogen-bond donors (Lipinski definition) is 2. The Hall–Kier alpha value is -3.19. The van der Waals surface area contributed by atoms with E-state index < -0.39 is 6.09 Å². The van der Waals surface area contributed by atoms with E-state index in [1.165, 1.54) is 0 Å². The summed E-state index contributed by atoms with van der Waals surface area (Å²) in [6.07, 6.45) is 0.557. The molecule has 4 rings (SSSR count). The normalized spacial score (nSPS) is 12.4. The lowest BCUT2D eigenvalue weighted by atomic mass is 10.1. The van der Waals surface area contributed by atoms with Gasteiger partial charge >= 0.3 is 6.09 Å². The molecule has 0 unspecified atom stereocenters. The Balaban J connectivity index is 1.32. The molecule has 3 aromatic rings. The summed E-state index contributed by atoms with van der Waals surface area (Å²) in [6, 6.07) is 14.8. The fourth-order valence-corrected chi connectivity index (χ4v) is 3.66. The van der Waals surface area contributed by atoms with Crippen LogP contribution in [-0.4, -0.2) is 23.5 Å². The molecule has 0 atom stereocenters. The first-order valence-electron chi connectivity index (χ1n) is 8.56. The Kier molecular flexibility index (Phi) is 4.84. The smallest absolute Gasteiger partial charge is 0.410 e. The lowest BCUT2D eigenvalue weighted by Gasteiger charge is -2.05. The van der Waals surface area contributed by atoms with Crippen LogP contribution in [-0.2, 0) is 17.6 Å². The number of para-hydroxylation sites is 1. The molecule has 27 heavy (non-hydrogen) atoms. The van der Waals surface area contributed by atoms with E-state index in [-0.39, 0.29) is 5.91 Å². The molecule has 2 amide bonds. The van der Waals surface area contributed by atoms with E-state index in [1.807, 2.05) is 41.8 Å². The topological polar surface area (TPSA) is 80.3 Å². The average molecular weight is 379 g/mol. The van der Waals surface area contributed by atoms with Gasteiger partial charge in [0.15, 0.2) is 0 Å². The number of carbonyl (C=O) groups is 2. The summed E-state index contributed by atoms with van der Waals surface area (Å²) in [7, 11) is 0. The average Bonchev–Trinajstić information content (AvgIpc) is 3.27. The molecule has 136 valence electrons.